The monoisotopic (exact) mass is 392 g/mol. The molecule has 0 radical (unpaired) electrons. The first-order chi connectivity index (χ1) is 14.1. The second kappa shape index (κ2) is 12.6. The molecule has 4 nitrogen and oxygen atoms in total. The Morgan fingerprint density at radius 1 is 0.966 bits per heavy atom. The highest BCUT2D eigenvalue weighted by molar-refractivity contribution is 6.00. The molecule has 2 aromatic rings. The summed E-state index contributed by atoms with van der Waals surface area (Å²) in [6, 6.07) is 17.1. The van der Waals surface area contributed by atoms with Crippen LogP contribution in [0.4, 0.5) is 5.69 Å². The lowest BCUT2D eigenvalue weighted by molar-refractivity contribution is -0.111. The Hall–Kier alpha value is -2.88. The number of unbranched alkanes of at least 4 members (excludes halogenated alkanes) is 5. The fourth-order valence-electron chi connectivity index (χ4n) is 3.25. The molecule has 29 heavy (non-hydrogen) atoms. The van der Waals surface area contributed by atoms with E-state index in [1.165, 1.54) is 31.8 Å². The van der Waals surface area contributed by atoms with Crippen LogP contribution >= 0.6 is 0 Å². The van der Waals surface area contributed by atoms with Crippen molar-refractivity contribution in [3.63, 3.8) is 0 Å². The highest BCUT2D eigenvalue weighted by Crippen LogP contribution is 2.16. The lowest BCUT2D eigenvalue weighted by atomic mass is 10.1. The van der Waals surface area contributed by atoms with Crippen LogP contribution < -0.4 is 5.32 Å². The van der Waals surface area contributed by atoms with Gasteiger partial charge in [0.15, 0.2) is 0 Å². The van der Waals surface area contributed by atoms with Gasteiger partial charge in [-0.1, -0.05) is 82.0 Å². The molecule has 0 aromatic heterocycles. The first-order valence-corrected chi connectivity index (χ1v) is 10.5. The molecule has 4 heteroatoms. The average molecular weight is 393 g/mol. The SMILES string of the molecule is C=CC(=O)Nc1cccc(C(=O)N(CCCCCCCC)Cc2ccccc2)c1. The lowest BCUT2D eigenvalue weighted by Gasteiger charge is -2.23. The molecule has 0 aliphatic heterocycles. The number of hydrogen-bond donors (Lipinski definition) is 1. The summed E-state index contributed by atoms with van der Waals surface area (Å²) < 4.78 is 0. The van der Waals surface area contributed by atoms with Crippen molar-refractivity contribution in [1.29, 1.82) is 0 Å². The maximum absolute atomic E-state index is 13.2. The maximum atomic E-state index is 13.2. The summed E-state index contributed by atoms with van der Waals surface area (Å²) in [6.07, 6.45) is 8.32. The molecule has 154 valence electrons. The van der Waals surface area contributed by atoms with Gasteiger partial charge in [0, 0.05) is 24.3 Å². The number of benzene rings is 2. The van der Waals surface area contributed by atoms with Crippen molar-refractivity contribution < 1.29 is 9.59 Å². The minimum absolute atomic E-state index is 0.0166. The minimum atomic E-state index is -0.289. The van der Waals surface area contributed by atoms with Crippen molar-refractivity contribution >= 4 is 17.5 Å². The standard InChI is InChI=1S/C25H32N2O2/c1-3-5-6-7-8-12-18-27(20-21-14-10-9-11-15-21)25(29)22-16-13-17-23(19-22)26-24(28)4-2/h4,9-11,13-17,19H,2-3,5-8,12,18,20H2,1H3,(H,26,28). The van der Waals surface area contributed by atoms with Crippen LogP contribution in [0.2, 0.25) is 0 Å². The number of nitrogens with zero attached hydrogens (tertiary/aromatic N) is 1. The first kappa shape index (κ1) is 22.4. The summed E-state index contributed by atoms with van der Waals surface area (Å²) in [4.78, 5) is 26.7. The summed E-state index contributed by atoms with van der Waals surface area (Å²) in [5.74, 6) is -0.306. The number of amides is 2. The predicted octanol–water partition coefficient (Wildman–Crippen LogP) is 5.81. The number of nitrogens with one attached hydrogen (secondary N) is 1. The Morgan fingerprint density at radius 3 is 2.41 bits per heavy atom. The average Bonchev–Trinajstić information content (AvgIpc) is 2.75. The quantitative estimate of drug-likeness (QED) is 0.366. The number of carbonyl (C=O) groups excluding carboxylic acids is 2. The number of anilines is 1. The molecule has 0 aliphatic carbocycles. The Labute approximate surface area is 174 Å². The second-order valence-corrected chi connectivity index (χ2v) is 7.25. The largest absolute Gasteiger partial charge is 0.334 e. The molecule has 0 saturated carbocycles. The third kappa shape index (κ3) is 7.94. The van der Waals surface area contributed by atoms with E-state index in [1.807, 2.05) is 35.2 Å². The molecule has 0 heterocycles. The zero-order chi connectivity index (χ0) is 20.9. The smallest absolute Gasteiger partial charge is 0.254 e. The van der Waals surface area contributed by atoms with Crippen molar-refractivity contribution in [3.05, 3.63) is 78.4 Å². The van der Waals surface area contributed by atoms with Gasteiger partial charge < -0.3 is 10.2 Å². The zero-order valence-electron chi connectivity index (χ0n) is 17.4. The van der Waals surface area contributed by atoms with Crippen LogP contribution in [0.5, 0.6) is 0 Å². The summed E-state index contributed by atoms with van der Waals surface area (Å²) in [5, 5.41) is 2.72. The maximum Gasteiger partial charge on any atom is 0.254 e. The highest BCUT2D eigenvalue weighted by Gasteiger charge is 2.16. The van der Waals surface area contributed by atoms with E-state index in [2.05, 4.69) is 18.8 Å². The van der Waals surface area contributed by atoms with Crippen LogP contribution in [0, 0.1) is 0 Å². The van der Waals surface area contributed by atoms with E-state index in [4.69, 9.17) is 0 Å². The molecule has 0 saturated heterocycles. The highest BCUT2D eigenvalue weighted by atomic mass is 16.2. The topological polar surface area (TPSA) is 49.4 Å². The minimum Gasteiger partial charge on any atom is -0.334 e. The van der Waals surface area contributed by atoms with E-state index >= 15 is 0 Å². The lowest BCUT2D eigenvalue weighted by Crippen LogP contribution is -2.31. The van der Waals surface area contributed by atoms with Crippen LogP contribution in [0.15, 0.2) is 67.3 Å². The van der Waals surface area contributed by atoms with Gasteiger partial charge in [0.05, 0.1) is 0 Å². The van der Waals surface area contributed by atoms with Crippen molar-refractivity contribution in [2.24, 2.45) is 0 Å². The van der Waals surface area contributed by atoms with Crippen molar-refractivity contribution in [2.45, 2.75) is 52.0 Å². The number of carbonyl (C=O) groups is 2. The molecule has 2 aromatic carbocycles. The first-order valence-electron chi connectivity index (χ1n) is 10.5. The van der Waals surface area contributed by atoms with Gasteiger partial charge >= 0.3 is 0 Å². The predicted molar refractivity (Wildman–Crippen MR) is 120 cm³/mol. The van der Waals surface area contributed by atoms with E-state index in [0.29, 0.717) is 17.8 Å². The Morgan fingerprint density at radius 2 is 1.69 bits per heavy atom. The van der Waals surface area contributed by atoms with Crippen LogP contribution in [0.3, 0.4) is 0 Å². The Bertz CT molecular complexity index is 786. The fraction of sp³-hybridized carbons (Fsp3) is 0.360. The third-order valence-electron chi connectivity index (χ3n) is 4.85. The van der Waals surface area contributed by atoms with E-state index in [-0.39, 0.29) is 11.8 Å². The van der Waals surface area contributed by atoms with Crippen LogP contribution in [0.1, 0.15) is 61.4 Å². The normalized spacial score (nSPS) is 10.4. The summed E-state index contributed by atoms with van der Waals surface area (Å²) >= 11 is 0. The molecular formula is C25H32N2O2. The molecule has 0 bridgehead atoms. The van der Waals surface area contributed by atoms with Crippen LogP contribution in [-0.2, 0) is 11.3 Å². The Kier molecular flexibility index (Phi) is 9.70. The van der Waals surface area contributed by atoms with Gasteiger partial charge in [-0.2, -0.15) is 0 Å². The summed E-state index contributed by atoms with van der Waals surface area (Å²) in [5.41, 5.74) is 2.29. The second-order valence-electron chi connectivity index (χ2n) is 7.25. The zero-order valence-corrected chi connectivity index (χ0v) is 17.4. The molecule has 0 aliphatic rings. The van der Waals surface area contributed by atoms with Gasteiger partial charge in [-0.05, 0) is 36.3 Å². The molecule has 2 rings (SSSR count). The van der Waals surface area contributed by atoms with Gasteiger partial charge in [0.2, 0.25) is 5.91 Å². The molecule has 2 amide bonds. The van der Waals surface area contributed by atoms with E-state index in [1.54, 1.807) is 24.3 Å². The molecule has 1 N–H and O–H groups in total. The fourth-order valence-corrected chi connectivity index (χ4v) is 3.25. The molecule has 0 atom stereocenters. The van der Waals surface area contributed by atoms with E-state index in [0.717, 1.165) is 24.9 Å². The Balaban J connectivity index is 2.07. The van der Waals surface area contributed by atoms with Crippen molar-refractivity contribution in [2.75, 3.05) is 11.9 Å². The van der Waals surface area contributed by atoms with Gasteiger partial charge in [-0.15, -0.1) is 0 Å². The third-order valence-corrected chi connectivity index (χ3v) is 4.85. The van der Waals surface area contributed by atoms with Crippen LogP contribution in [-0.4, -0.2) is 23.3 Å². The van der Waals surface area contributed by atoms with E-state index < -0.39 is 0 Å². The number of rotatable bonds is 12. The van der Waals surface area contributed by atoms with E-state index in [9.17, 15) is 9.59 Å². The molecule has 0 fully saturated rings. The van der Waals surface area contributed by atoms with Gasteiger partial charge in [0.25, 0.3) is 5.91 Å². The molecular weight excluding hydrogens is 360 g/mol. The van der Waals surface area contributed by atoms with Crippen molar-refractivity contribution in [3.8, 4) is 0 Å². The summed E-state index contributed by atoms with van der Waals surface area (Å²) in [6.45, 7) is 6.98. The van der Waals surface area contributed by atoms with Gasteiger partial charge in [0.1, 0.15) is 0 Å². The molecule has 0 unspecified atom stereocenters. The van der Waals surface area contributed by atoms with Crippen LogP contribution in [0.25, 0.3) is 0 Å². The van der Waals surface area contributed by atoms with Crippen molar-refractivity contribution in [1.82, 2.24) is 4.90 Å². The van der Waals surface area contributed by atoms with Gasteiger partial charge in [-0.25, -0.2) is 0 Å². The number of hydrogen-bond acceptors (Lipinski definition) is 2. The van der Waals surface area contributed by atoms with Gasteiger partial charge in [-0.3, -0.25) is 9.59 Å². The summed E-state index contributed by atoms with van der Waals surface area (Å²) in [7, 11) is 0. The molecule has 0 spiro atoms.